The SMILES string of the molecule is c1ccc(-c2cc(-c3ccccn3)nc(-c3ccc(-c4ccc(-c5nc6ccccc6c6oc7ccccc7c56)cc4)cn3)c2)cc1. The van der Waals surface area contributed by atoms with Crippen molar-refractivity contribution in [2.24, 2.45) is 0 Å². The molecule has 0 aliphatic rings. The summed E-state index contributed by atoms with van der Waals surface area (Å²) in [6, 6.07) is 49.4. The smallest absolute Gasteiger partial charge is 0.147 e. The standard InChI is InChI=1S/C42H26N4O/c1-2-10-27(11-3-1)31-24-37(35-15-8-9-23-43-35)45-38(25-31)36-22-21-30(26-44-36)28-17-19-29(20-18-28)41-40-33-13-5-7-16-39(33)47-42(40)32-12-4-6-14-34(32)46-41/h1-26H. The molecule has 47 heavy (non-hydrogen) atoms. The van der Waals surface area contributed by atoms with Gasteiger partial charge in [-0.05, 0) is 65.2 Å². The molecule has 5 nitrogen and oxygen atoms in total. The average Bonchev–Trinajstić information content (AvgIpc) is 3.55. The molecule has 0 saturated heterocycles. The van der Waals surface area contributed by atoms with E-state index in [0.717, 1.165) is 89.1 Å². The predicted molar refractivity (Wildman–Crippen MR) is 190 cm³/mol. The molecule has 5 heteroatoms. The summed E-state index contributed by atoms with van der Waals surface area (Å²) in [4.78, 5) is 19.5. The summed E-state index contributed by atoms with van der Waals surface area (Å²) < 4.78 is 6.38. The molecular weight excluding hydrogens is 576 g/mol. The van der Waals surface area contributed by atoms with Gasteiger partial charge in [-0.15, -0.1) is 0 Å². The first-order valence-corrected chi connectivity index (χ1v) is 15.5. The summed E-state index contributed by atoms with van der Waals surface area (Å²) >= 11 is 0. The van der Waals surface area contributed by atoms with Crippen LogP contribution in [0.25, 0.3) is 89.1 Å². The fourth-order valence-electron chi connectivity index (χ4n) is 6.26. The Kier molecular flexibility index (Phi) is 6.39. The summed E-state index contributed by atoms with van der Waals surface area (Å²) in [7, 11) is 0. The van der Waals surface area contributed by atoms with Crippen molar-refractivity contribution in [3.05, 3.63) is 158 Å². The molecule has 5 heterocycles. The Labute approximate surface area is 270 Å². The van der Waals surface area contributed by atoms with Crippen LogP contribution in [0.4, 0.5) is 0 Å². The molecule has 0 bridgehead atoms. The van der Waals surface area contributed by atoms with Crippen molar-refractivity contribution >= 4 is 32.8 Å². The van der Waals surface area contributed by atoms with Crippen LogP contribution in [0.3, 0.4) is 0 Å². The highest BCUT2D eigenvalue weighted by atomic mass is 16.3. The third-order valence-electron chi connectivity index (χ3n) is 8.59. The Bertz CT molecular complexity index is 2480. The lowest BCUT2D eigenvalue weighted by molar-refractivity contribution is 0.672. The third kappa shape index (κ3) is 4.82. The van der Waals surface area contributed by atoms with E-state index in [4.69, 9.17) is 19.4 Å². The molecule has 9 aromatic rings. The van der Waals surface area contributed by atoms with Crippen LogP contribution in [0, 0.1) is 0 Å². The summed E-state index contributed by atoms with van der Waals surface area (Å²) in [5.41, 5.74) is 12.1. The molecular formula is C42H26N4O. The zero-order chi connectivity index (χ0) is 31.2. The molecule has 0 spiro atoms. The molecule has 0 amide bonds. The Morgan fingerprint density at radius 2 is 1.09 bits per heavy atom. The molecule has 220 valence electrons. The number of furan rings is 1. The van der Waals surface area contributed by atoms with E-state index in [1.54, 1.807) is 6.20 Å². The van der Waals surface area contributed by atoms with Gasteiger partial charge in [0, 0.05) is 34.3 Å². The van der Waals surface area contributed by atoms with Gasteiger partial charge in [0.2, 0.25) is 0 Å². The lowest BCUT2D eigenvalue weighted by Gasteiger charge is -2.10. The van der Waals surface area contributed by atoms with Crippen molar-refractivity contribution in [3.8, 4) is 56.3 Å². The number of aromatic nitrogens is 4. The second kappa shape index (κ2) is 11.2. The first kappa shape index (κ1) is 26.9. The van der Waals surface area contributed by atoms with Gasteiger partial charge < -0.3 is 4.42 Å². The van der Waals surface area contributed by atoms with Crippen LogP contribution in [0.1, 0.15) is 0 Å². The largest absolute Gasteiger partial charge is 0.455 e. The van der Waals surface area contributed by atoms with Crippen molar-refractivity contribution in [2.75, 3.05) is 0 Å². The van der Waals surface area contributed by atoms with E-state index < -0.39 is 0 Å². The first-order chi connectivity index (χ1) is 23.3. The van der Waals surface area contributed by atoms with Crippen molar-refractivity contribution in [1.82, 2.24) is 19.9 Å². The number of pyridine rings is 4. The molecule has 4 aromatic carbocycles. The highest BCUT2D eigenvalue weighted by Gasteiger charge is 2.18. The van der Waals surface area contributed by atoms with Gasteiger partial charge in [-0.2, -0.15) is 0 Å². The van der Waals surface area contributed by atoms with Crippen LogP contribution in [-0.4, -0.2) is 19.9 Å². The molecule has 0 saturated carbocycles. The molecule has 0 aliphatic heterocycles. The lowest BCUT2D eigenvalue weighted by atomic mass is 9.99. The zero-order valence-corrected chi connectivity index (χ0v) is 25.2. The van der Waals surface area contributed by atoms with Crippen molar-refractivity contribution < 1.29 is 4.42 Å². The van der Waals surface area contributed by atoms with Crippen LogP contribution in [0.2, 0.25) is 0 Å². The minimum Gasteiger partial charge on any atom is -0.455 e. The van der Waals surface area contributed by atoms with E-state index in [1.807, 2.05) is 85.1 Å². The minimum atomic E-state index is 0.799. The Morgan fingerprint density at radius 3 is 1.85 bits per heavy atom. The van der Waals surface area contributed by atoms with E-state index in [0.29, 0.717) is 0 Å². The maximum absolute atomic E-state index is 6.38. The van der Waals surface area contributed by atoms with Gasteiger partial charge in [0.15, 0.2) is 0 Å². The third-order valence-corrected chi connectivity index (χ3v) is 8.59. The molecule has 0 unspecified atom stereocenters. The van der Waals surface area contributed by atoms with Crippen LogP contribution in [0.5, 0.6) is 0 Å². The normalized spacial score (nSPS) is 11.4. The lowest BCUT2D eigenvalue weighted by Crippen LogP contribution is -1.94. The molecule has 0 N–H and O–H groups in total. The zero-order valence-electron chi connectivity index (χ0n) is 25.2. The van der Waals surface area contributed by atoms with Crippen molar-refractivity contribution in [2.45, 2.75) is 0 Å². The van der Waals surface area contributed by atoms with Gasteiger partial charge in [0.1, 0.15) is 11.2 Å². The first-order valence-electron chi connectivity index (χ1n) is 15.5. The number of hydrogen-bond acceptors (Lipinski definition) is 5. The minimum absolute atomic E-state index is 0.799. The highest BCUT2D eigenvalue weighted by molar-refractivity contribution is 6.19. The van der Waals surface area contributed by atoms with Gasteiger partial charge in [0.05, 0.1) is 39.4 Å². The summed E-state index contributed by atoms with van der Waals surface area (Å²) in [6.07, 6.45) is 3.71. The molecule has 0 aliphatic carbocycles. The number of rotatable bonds is 5. The van der Waals surface area contributed by atoms with Gasteiger partial charge in [-0.1, -0.05) is 97.1 Å². The predicted octanol–water partition coefficient (Wildman–Crippen LogP) is 10.7. The van der Waals surface area contributed by atoms with E-state index >= 15 is 0 Å². The fourth-order valence-corrected chi connectivity index (χ4v) is 6.26. The maximum atomic E-state index is 6.38. The fraction of sp³-hybridized carbons (Fsp3) is 0. The van der Waals surface area contributed by atoms with Crippen molar-refractivity contribution in [1.29, 1.82) is 0 Å². The van der Waals surface area contributed by atoms with Gasteiger partial charge in [0.25, 0.3) is 0 Å². The van der Waals surface area contributed by atoms with Crippen LogP contribution in [0.15, 0.2) is 162 Å². The van der Waals surface area contributed by atoms with Crippen LogP contribution < -0.4 is 0 Å². The van der Waals surface area contributed by atoms with Gasteiger partial charge >= 0.3 is 0 Å². The van der Waals surface area contributed by atoms with E-state index in [1.165, 1.54) is 0 Å². The number of benzene rings is 4. The number of nitrogens with zero attached hydrogens (tertiary/aromatic N) is 4. The molecule has 9 rings (SSSR count). The Morgan fingerprint density at radius 1 is 0.426 bits per heavy atom. The average molecular weight is 603 g/mol. The van der Waals surface area contributed by atoms with E-state index in [9.17, 15) is 0 Å². The Hall–Kier alpha value is -6.46. The molecule has 5 aromatic heterocycles. The summed E-state index contributed by atoms with van der Waals surface area (Å²) in [6.45, 7) is 0. The maximum Gasteiger partial charge on any atom is 0.147 e. The summed E-state index contributed by atoms with van der Waals surface area (Å²) in [5, 5.41) is 3.12. The quantitative estimate of drug-likeness (QED) is 0.196. The number of hydrogen-bond donors (Lipinski definition) is 0. The van der Waals surface area contributed by atoms with Crippen molar-refractivity contribution in [3.63, 3.8) is 0 Å². The monoisotopic (exact) mass is 602 g/mol. The van der Waals surface area contributed by atoms with E-state index in [-0.39, 0.29) is 0 Å². The molecule has 0 fully saturated rings. The van der Waals surface area contributed by atoms with Crippen LogP contribution >= 0.6 is 0 Å². The van der Waals surface area contributed by atoms with Crippen LogP contribution in [-0.2, 0) is 0 Å². The van der Waals surface area contributed by atoms with Gasteiger partial charge in [-0.25, -0.2) is 9.97 Å². The summed E-state index contributed by atoms with van der Waals surface area (Å²) in [5.74, 6) is 0. The highest BCUT2D eigenvalue weighted by Crippen LogP contribution is 2.39. The molecule has 0 atom stereocenters. The second-order valence-electron chi connectivity index (χ2n) is 11.5. The van der Waals surface area contributed by atoms with Gasteiger partial charge in [-0.3, -0.25) is 9.97 Å². The molecule has 0 radical (unpaired) electrons. The topological polar surface area (TPSA) is 64.7 Å². The number of para-hydroxylation sites is 2. The Balaban J connectivity index is 1.08. The second-order valence-corrected chi connectivity index (χ2v) is 11.5. The number of fused-ring (bicyclic) bond motifs is 5. The van der Waals surface area contributed by atoms with E-state index in [2.05, 4.69) is 71.7 Å².